The lowest BCUT2D eigenvalue weighted by atomic mass is 9.85. The number of nitrogens with one attached hydrogen (secondary N) is 1. The van der Waals surface area contributed by atoms with E-state index in [9.17, 15) is 26.3 Å². The summed E-state index contributed by atoms with van der Waals surface area (Å²) in [6.45, 7) is -0.662. The van der Waals surface area contributed by atoms with Crippen LogP contribution < -0.4 is 5.32 Å². The molecule has 14 heavy (non-hydrogen) atoms. The number of hydrogen-bond donors (Lipinski definition) is 1. The van der Waals surface area contributed by atoms with Crippen molar-refractivity contribution in [3.8, 4) is 0 Å². The van der Waals surface area contributed by atoms with Gasteiger partial charge < -0.3 is 5.32 Å². The molecule has 0 saturated carbocycles. The first-order chi connectivity index (χ1) is 6.23. The van der Waals surface area contributed by atoms with E-state index >= 15 is 0 Å². The Bertz CT molecular complexity index is 173. The summed E-state index contributed by atoms with van der Waals surface area (Å²) in [7, 11) is 0. The monoisotopic (exact) mass is 221 g/mol. The fourth-order valence-corrected chi connectivity index (χ4v) is 1.59. The van der Waals surface area contributed by atoms with Crippen molar-refractivity contribution in [2.24, 2.45) is 11.8 Å². The molecule has 1 saturated heterocycles. The van der Waals surface area contributed by atoms with Crippen molar-refractivity contribution in [3.05, 3.63) is 0 Å². The largest absolute Gasteiger partial charge is 0.393 e. The van der Waals surface area contributed by atoms with Gasteiger partial charge in [0.1, 0.15) is 0 Å². The number of halogens is 6. The highest BCUT2D eigenvalue weighted by Gasteiger charge is 2.55. The summed E-state index contributed by atoms with van der Waals surface area (Å²) in [5.41, 5.74) is 0. The van der Waals surface area contributed by atoms with Crippen LogP contribution in [0.1, 0.15) is 6.42 Å². The van der Waals surface area contributed by atoms with Crippen molar-refractivity contribution in [2.75, 3.05) is 13.1 Å². The summed E-state index contributed by atoms with van der Waals surface area (Å²) in [5.74, 6) is -4.57. The van der Waals surface area contributed by atoms with E-state index in [1.54, 1.807) is 0 Å². The standard InChI is InChI=1S/C7H9F6N/c8-6(9,10)4-1-2-14-3-5(4)7(11,12)13/h4-5,14H,1-3H2. The molecule has 2 atom stereocenters. The van der Waals surface area contributed by atoms with Gasteiger partial charge in [-0.1, -0.05) is 0 Å². The zero-order valence-electron chi connectivity index (χ0n) is 7.04. The van der Waals surface area contributed by atoms with Gasteiger partial charge in [-0.2, -0.15) is 26.3 Å². The predicted molar refractivity (Wildman–Crippen MR) is 36.6 cm³/mol. The van der Waals surface area contributed by atoms with Crippen molar-refractivity contribution < 1.29 is 26.3 Å². The summed E-state index contributed by atoms with van der Waals surface area (Å²) in [6.07, 6.45) is -10.1. The Morgan fingerprint density at radius 1 is 0.857 bits per heavy atom. The summed E-state index contributed by atoms with van der Waals surface area (Å²) >= 11 is 0. The maximum absolute atomic E-state index is 12.2. The van der Waals surface area contributed by atoms with E-state index in [1.807, 2.05) is 0 Å². The molecule has 0 aliphatic carbocycles. The molecular weight excluding hydrogens is 212 g/mol. The topological polar surface area (TPSA) is 12.0 Å². The van der Waals surface area contributed by atoms with Crippen LogP contribution in [-0.2, 0) is 0 Å². The van der Waals surface area contributed by atoms with Crippen molar-refractivity contribution >= 4 is 0 Å². The zero-order chi connectivity index (χ0) is 11.0. The molecular formula is C7H9F6N. The molecule has 0 amide bonds. The van der Waals surface area contributed by atoms with Gasteiger partial charge in [-0.25, -0.2) is 0 Å². The Morgan fingerprint density at radius 2 is 1.36 bits per heavy atom. The van der Waals surface area contributed by atoms with Crippen molar-refractivity contribution in [1.82, 2.24) is 5.32 Å². The molecule has 2 unspecified atom stereocenters. The van der Waals surface area contributed by atoms with Gasteiger partial charge in [0.25, 0.3) is 0 Å². The molecule has 1 aliphatic rings. The van der Waals surface area contributed by atoms with E-state index in [1.165, 1.54) is 0 Å². The first-order valence-corrected chi connectivity index (χ1v) is 4.07. The van der Waals surface area contributed by atoms with E-state index in [0.717, 1.165) is 0 Å². The quantitative estimate of drug-likeness (QED) is 0.619. The third kappa shape index (κ3) is 2.52. The van der Waals surface area contributed by atoms with Gasteiger partial charge in [0.15, 0.2) is 0 Å². The SMILES string of the molecule is FC(F)(F)C1CCNCC1C(F)(F)F. The minimum Gasteiger partial charge on any atom is -0.316 e. The molecule has 1 heterocycles. The Labute approximate surface area is 76.5 Å². The fraction of sp³-hybridized carbons (Fsp3) is 1.00. The highest BCUT2D eigenvalue weighted by molar-refractivity contribution is 4.86. The molecule has 1 nitrogen and oxygen atoms in total. The van der Waals surface area contributed by atoms with Gasteiger partial charge in [-0.3, -0.25) is 0 Å². The molecule has 0 spiro atoms. The first-order valence-electron chi connectivity index (χ1n) is 4.07. The van der Waals surface area contributed by atoms with E-state index in [4.69, 9.17) is 0 Å². The average Bonchev–Trinajstić information content (AvgIpc) is 2.01. The fourth-order valence-electron chi connectivity index (χ4n) is 1.59. The second-order valence-corrected chi connectivity index (χ2v) is 3.29. The van der Waals surface area contributed by atoms with Gasteiger partial charge >= 0.3 is 12.4 Å². The lowest BCUT2D eigenvalue weighted by Crippen LogP contribution is -2.49. The third-order valence-electron chi connectivity index (χ3n) is 2.32. The lowest BCUT2D eigenvalue weighted by molar-refractivity contribution is -0.258. The molecule has 0 bridgehead atoms. The minimum atomic E-state index is -4.78. The molecule has 7 heteroatoms. The second kappa shape index (κ2) is 3.60. The maximum Gasteiger partial charge on any atom is 0.393 e. The number of alkyl halides is 6. The lowest BCUT2D eigenvalue weighted by Gasteiger charge is -2.34. The predicted octanol–water partition coefficient (Wildman–Crippen LogP) is 2.34. The van der Waals surface area contributed by atoms with Gasteiger partial charge in [0.2, 0.25) is 0 Å². The first kappa shape index (κ1) is 11.6. The molecule has 1 rings (SSSR count). The molecule has 84 valence electrons. The van der Waals surface area contributed by atoms with Crippen LogP contribution in [0.15, 0.2) is 0 Å². The molecule has 1 fully saturated rings. The number of hydrogen-bond acceptors (Lipinski definition) is 1. The third-order valence-corrected chi connectivity index (χ3v) is 2.32. The normalized spacial score (nSPS) is 30.4. The highest BCUT2D eigenvalue weighted by atomic mass is 19.4. The van der Waals surface area contributed by atoms with Crippen molar-refractivity contribution in [1.29, 1.82) is 0 Å². The zero-order valence-corrected chi connectivity index (χ0v) is 7.04. The van der Waals surface area contributed by atoms with Gasteiger partial charge in [0, 0.05) is 6.54 Å². The summed E-state index contributed by atoms with van der Waals surface area (Å²) in [4.78, 5) is 0. The molecule has 0 aromatic rings. The molecule has 0 radical (unpaired) electrons. The molecule has 1 N–H and O–H groups in total. The van der Waals surface area contributed by atoms with Crippen LogP contribution >= 0.6 is 0 Å². The second-order valence-electron chi connectivity index (χ2n) is 3.29. The van der Waals surface area contributed by atoms with Gasteiger partial charge in [-0.15, -0.1) is 0 Å². The Kier molecular flexibility index (Phi) is 2.99. The Morgan fingerprint density at radius 3 is 1.71 bits per heavy atom. The summed E-state index contributed by atoms with van der Waals surface area (Å²) < 4.78 is 73.1. The summed E-state index contributed by atoms with van der Waals surface area (Å²) in [5, 5.41) is 2.32. The highest BCUT2D eigenvalue weighted by Crippen LogP contribution is 2.43. The van der Waals surface area contributed by atoms with Gasteiger partial charge in [0.05, 0.1) is 11.8 Å². The number of piperidine rings is 1. The Hall–Kier alpha value is -0.460. The van der Waals surface area contributed by atoms with Crippen molar-refractivity contribution in [2.45, 2.75) is 18.8 Å². The van der Waals surface area contributed by atoms with Crippen LogP contribution in [-0.4, -0.2) is 25.4 Å². The van der Waals surface area contributed by atoms with Crippen LogP contribution in [0.25, 0.3) is 0 Å². The van der Waals surface area contributed by atoms with Gasteiger partial charge in [-0.05, 0) is 13.0 Å². The maximum atomic E-state index is 12.2. The van der Waals surface area contributed by atoms with Crippen LogP contribution in [0.5, 0.6) is 0 Å². The van der Waals surface area contributed by atoms with Crippen LogP contribution in [0.4, 0.5) is 26.3 Å². The van der Waals surface area contributed by atoms with Crippen LogP contribution in [0.2, 0.25) is 0 Å². The molecule has 1 aliphatic heterocycles. The Balaban J connectivity index is 2.80. The van der Waals surface area contributed by atoms with E-state index in [0.29, 0.717) is 0 Å². The van der Waals surface area contributed by atoms with Crippen LogP contribution in [0.3, 0.4) is 0 Å². The van der Waals surface area contributed by atoms with E-state index in [2.05, 4.69) is 5.32 Å². The van der Waals surface area contributed by atoms with E-state index in [-0.39, 0.29) is 6.54 Å². The van der Waals surface area contributed by atoms with Crippen molar-refractivity contribution in [3.63, 3.8) is 0 Å². The molecule has 0 aromatic heterocycles. The van der Waals surface area contributed by atoms with E-state index < -0.39 is 37.2 Å². The number of rotatable bonds is 0. The molecule has 0 aromatic carbocycles. The van der Waals surface area contributed by atoms with Crippen LogP contribution in [0, 0.1) is 11.8 Å². The average molecular weight is 221 g/mol. The smallest absolute Gasteiger partial charge is 0.316 e. The minimum absolute atomic E-state index is 0.0171. The summed E-state index contributed by atoms with van der Waals surface area (Å²) in [6, 6.07) is 0.